The molecule has 0 aliphatic heterocycles. The number of carboxylic acids is 1. The van der Waals surface area contributed by atoms with E-state index in [9.17, 15) is 9.59 Å². The van der Waals surface area contributed by atoms with E-state index >= 15 is 0 Å². The molecule has 0 amide bonds. The Morgan fingerprint density at radius 3 is 1.64 bits per heavy atom. The Kier molecular flexibility index (Phi) is 5.48. The molecule has 0 aliphatic carbocycles. The summed E-state index contributed by atoms with van der Waals surface area (Å²) in [5, 5.41) is 42.9. The normalized spacial score (nSPS) is 16.7. The number of hydrogen-bond acceptors (Lipinski definition) is 7. The van der Waals surface area contributed by atoms with Gasteiger partial charge in [0.05, 0.1) is 0 Å². The first-order valence-corrected chi connectivity index (χ1v) is 3.28. The first-order chi connectivity index (χ1) is 5.74. The molecule has 0 heterocycles. The number of ketones is 1. The second kappa shape index (κ2) is 4.98. The van der Waals surface area contributed by atoms with Crippen LogP contribution in [0.3, 0.4) is 0 Å². The Bertz CT molecular complexity index is 226. The summed E-state index contributed by atoms with van der Waals surface area (Å²) in [7, 11) is 0. The molecular formula is C6H13NO7. The molecule has 0 bridgehead atoms. The molecule has 0 radical (unpaired) electrons. The van der Waals surface area contributed by atoms with Crippen molar-refractivity contribution < 1.29 is 35.1 Å². The lowest BCUT2D eigenvalue weighted by Gasteiger charge is -2.24. The molecule has 0 fully saturated rings. The highest BCUT2D eigenvalue weighted by Gasteiger charge is 2.51. The van der Waals surface area contributed by atoms with Gasteiger partial charge in [0, 0.05) is 0 Å². The minimum absolute atomic E-state index is 0. The summed E-state index contributed by atoms with van der Waals surface area (Å²) in [6, 6.07) is 0. The number of carboxylic acid groups (broad SMARTS) is 1. The Labute approximate surface area is 79.0 Å². The topological polar surface area (TPSA) is 170 Å². The molecule has 14 heavy (non-hydrogen) atoms. The van der Waals surface area contributed by atoms with Crippen LogP contribution in [0.5, 0.6) is 0 Å². The van der Waals surface area contributed by atoms with Gasteiger partial charge in [-0.15, -0.1) is 0 Å². The Balaban J connectivity index is 0. The zero-order valence-corrected chi connectivity index (χ0v) is 7.41. The molecule has 0 saturated heterocycles. The highest BCUT2D eigenvalue weighted by Crippen LogP contribution is 2.13. The van der Waals surface area contributed by atoms with E-state index in [1.54, 1.807) is 0 Å². The van der Waals surface area contributed by atoms with Gasteiger partial charge in [0.25, 0.3) is 5.60 Å². The second-order valence-corrected chi connectivity index (χ2v) is 2.49. The van der Waals surface area contributed by atoms with Gasteiger partial charge in [0.1, 0.15) is 6.10 Å². The van der Waals surface area contributed by atoms with Crippen molar-refractivity contribution in [3.8, 4) is 0 Å². The summed E-state index contributed by atoms with van der Waals surface area (Å²) in [4.78, 5) is 21.2. The standard InChI is InChI=1S/C6H10O7.H3N/c1-2(7)3(8)6(13,4(9)10)5(11)12;/h2,4,7,9-10,13H,1H3,(H,11,12);1H3. The van der Waals surface area contributed by atoms with Crippen LogP contribution in [0.25, 0.3) is 0 Å². The fourth-order valence-corrected chi connectivity index (χ4v) is 0.662. The number of Topliss-reactive ketones (excluding diaryl/α,β-unsaturated/α-hetero) is 1. The number of aliphatic hydroxyl groups excluding tert-OH is 2. The van der Waals surface area contributed by atoms with Crippen molar-refractivity contribution in [2.24, 2.45) is 0 Å². The Hall–Kier alpha value is -1.06. The minimum Gasteiger partial charge on any atom is -0.479 e. The third-order valence-corrected chi connectivity index (χ3v) is 1.45. The van der Waals surface area contributed by atoms with Crippen LogP contribution in [0.15, 0.2) is 0 Å². The molecule has 0 rings (SSSR count). The third-order valence-electron chi connectivity index (χ3n) is 1.45. The smallest absolute Gasteiger partial charge is 0.349 e. The van der Waals surface area contributed by atoms with Crippen LogP contribution in [-0.4, -0.2) is 55.3 Å². The van der Waals surface area contributed by atoms with Crippen LogP contribution in [0.2, 0.25) is 0 Å². The molecule has 2 unspecified atom stereocenters. The SMILES string of the molecule is CC(O)C(=O)C(O)(C(=O)O)C(O)O.N. The van der Waals surface area contributed by atoms with Crippen LogP contribution in [0.1, 0.15) is 6.92 Å². The van der Waals surface area contributed by atoms with Gasteiger partial charge in [0.2, 0.25) is 5.78 Å². The zero-order valence-electron chi connectivity index (χ0n) is 7.41. The predicted molar refractivity (Wildman–Crippen MR) is 42.5 cm³/mol. The van der Waals surface area contributed by atoms with Crippen LogP contribution >= 0.6 is 0 Å². The fourth-order valence-electron chi connectivity index (χ4n) is 0.662. The van der Waals surface area contributed by atoms with Crippen molar-refractivity contribution in [3.63, 3.8) is 0 Å². The van der Waals surface area contributed by atoms with Gasteiger partial charge in [0.15, 0.2) is 6.29 Å². The van der Waals surface area contributed by atoms with Crippen LogP contribution < -0.4 is 6.15 Å². The first-order valence-electron chi connectivity index (χ1n) is 3.28. The molecule has 0 spiro atoms. The van der Waals surface area contributed by atoms with Crippen LogP contribution in [0, 0.1) is 0 Å². The molecule has 84 valence electrons. The van der Waals surface area contributed by atoms with E-state index in [0.717, 1.165) is 6.92 Å². The molecule has 0 aromatic rings. The van der Waals surface area contributed by atoms with E-state index in [1.165, 1.54) is 0 Å². The Morgan fingerprint density at radius 2 is 1.57 bits per heavy atom. The lowest BCUT2D eigenvalue weighted by molar-refractivity contribution is -0.209. The average molecular weight is 211 g/mol. The highest BCUT2D eigenvalue weighted by atomic mass is 16.5. The summed E-state index contributed by atoms with van der Waals surface area (Å²) >= 11 is 0. The van der Waals surface area contributed by atoms with E-state index in [4.69, 9.17) is 25.5 Å². The summed E-state index contributed by atoms with van der Waals surface area (Å²) < 4.78 is 0. The summed E-state index contributed by atoms with van der Waals surface area (Å²) in [5.41, 5.74) is -3.38. The van der Waals surface area contributed by atoms with Gasteiger partial charge in [-0.3, -0.25) is 4.79 Å². The molecule has 0 aromatic carbocycles. The lowest BCUT2D eigenvalue weighted by atomic mass is 9.94. The lowest BCUT2D eigenvalue weighted by Crippen LogP contribution is -2.58. The molecule has 0 aromatic heterocycles. The van der Waals surface area contributed by atoms with Gasteiger partial charge in [-0.1, -0.05) is 0 Å². The molecular weight excluding hydrogens is 198 g/mol. The van der Waals surface area contributed by atoms with Gasteiger partial charge in [-0.05, 0) is 6.92 Å². The monoisotopic (exact) mass is 211 g/mol. The maximum absolute atomic E-state index is 10.8. The van der Waals surface area contributed by atoms with Gasteiger partial charge in [-0.25, -0.2) is 4.79 Å². The van der Waals surface area contributed by atoms with Crippen molar-refractivity contribution >= 4 is 11.8 Å². The number of hydrogen-bond donors (Lipinski definition) is 6. The van der Waals surface area contributed by atoms with Crippen molar-refractivity contribution in [2.75, 3.05) is 0 Å². The molecule has 8 heteroatoms. The molecule has 8 N–H and O–H groups in total. The summed E-state index contributed by atoms with van der Waals surface area (Å²) in [6.45, 7) is 0.901. The average Bonchev–Trinajstić information content (AvgIpc) is 2.00. The largest absolute Gasteiger partial charge is 0.479 e. The Morgan fingerprint density at radius 1 is 1.21 bits per heavy atom. The number of aliphatic carboxylic acids is 1. The first kappa shape index (κ1) is 15.4. The van der Waals surface area contributed by atoms with Crippen LogP contribution in [-0.2, 0) is 9.59 Å². The van der Waals surface area contributed by atoms with Gasteiger partial charge < -0.3 is 31.7 Å². The fraction of sp³-hybridized carbons (Fsp3) is 0.667. The second-order valence-electron chi connectivity index (χ2n) is 2.49. The van der Waals surface area contributed by atoms with Crippen molar-refractivity contribution in [1.29, 1.82) is 0 Å². The summed E-state index contributed by atoms with van der Waals surface area (Å²) in [5.74, 6) is -3.72. The van der Waals surface area contributed by atoms with Crippen LogP contribution in [0.4, 0.5) is 0 Å². The predicted octanol–water partition coefficient (Wildman–Crippen LogP) is -2.78. The molecule has 2 atom stereocenters. The third kappa shape index (κ3) is 2.47. The van der Waals surface area contributed by atoms with Gasteiger partial charge >= 0.3 is 5.97 Å². The van der Waals surface area contributed by atoms with E-state index < -0.39 is 29.7 Å². The number of carbonyl (C=O) groups is 2. The minimum atomic E-state index is -3.38. The van der Waals surface area contributed by atoms with Crippen molar-refractivity contribution in [2.45, 2.75) is 24.9 Å². The molecule has 0 saturated carbocycles. The van der Waals surface area contributed by atoms with E-state index in [0.29, 0.717) is 0 Å². The van der Waals surface area contributed by atoms with Crippen molar-refractivity contribution in [1.82, 2.24) is 6.15 Å². The molecule has 0 aliphatic rings. The van der Waals surface area contributed by atoms with Crippen molar-refractivity contribution in [3.05, 3.63) is 0 Å². The van der Waals surface area contributed by atoms with E-state index in [-0.39, 0.29) is 6.15 Å². The van der Waals surface area contributed by atoms with Gasteiger partial charge in [-0.2, -0.15) is 0 Å². The number of rotatable bonds is 4. The number of carbonyl (C=O) groups excluding carboxylic acids is 1. The number of aliphatic hydroxyl groups is 4. The van der Waals surface area contributed by atoms with E-state index in [1.807, 2.05) is 0 Å². The summed E-state index contributed by atoms with van der Waals surface area (Å²) in [6.07, 6.45) is -4.59. The highest BCUT2D eigenvalue weighted by molar-refractivity contribution is 6.08. The maximum atomic E-state index is 10.8. The zero-order chi connectivity index (χ0) is 10.8. The maximum Gasteiger partial charge on any atom is 0.349 e. The van der Waals surface area contributed by atoms with E-state index in [2.05, 4.69) is 0 Å². The molecule has 8 nitrogen and oxygen atoms in total. The quantitative estimate of drug-likeness (QED) is 0.214.